The van der Waals surface area contributed by atoms with Gasteiger partial charge in [0.2, 0.25) is 0 Å². The molecule has 0 radical (unpaired) electrons. The second kappa shape index (κ2) is 2.78. The lowest BCUT2D eigenvalue weighted by Gasteiger charge is -1.97. The van der Waals surface area contributed by atoms with Gasteiger partial charge in [0.25, 0.3) is 0 Å². The predicted octanol–water partition coefficient (Wildman–Crippen LogP) is 3.45. The Kier molecular flexibility index (Phi) is 1.85. The fourth-order valence-electron chi connectivity index (χ4n) is 1.73. The lowest BCUT2D eigenvalue weighted by molar-refractivity contribution is 0.910. The Morgan fingerprint density at radius 2 is 1.92 bits per heavy atom. The number of fused-ring (bicyclic) bond motifs is 1. The van der Waals surface area contributed by atoms with Gasteiger partial charge < -0.3 is 4.57 Å². The summed E-state index contributed by atoms with van der Waals surface area (Å²) in [6, 6.07) is 6.03. The van der Waals surface area contributed by atoms with Crippen LogP contribution in [0.4, 0.5) is 0 Å². The smallest absolute Gasteiger partial charge is 0.0483 e. The molecular weight excluding hydrogens is 182 g/mol. The van der Waals surface area contributed by atoms with Crippen LogP contribution in [0.1, 0.15) is 11.3 Å². The third-order valence-corrected chi connectivity index (χ3v) is 3.00. The number of rotatable bonds is 0. The number of hydrogen-bond donors (Lipinski definition) is 0. The lowest BCUT2D eigenvalue weighted by Crippen LogP contribution is -1.89. The molecule has 0 saturated heterocycles. The Hall–Kier alpha value is -0.950. The normalized spacial score (nSPS) is 11.1. The summed E-state index contributed by atoms with van der Waals surface area (Å²) >= 11 is 5.94. The maximum Gasteiger partial charge on any atom is 0.0483 e. The molecule has 0 aliphatic heterocycles. The quantitative estimate of drug-likeness (QED) is 0.604. The molecule has 0 aliphatic rings. The molecule has 0 bridgehead atoms. The molecule has 0 N–H and O–H groups in total. The SMILES string of the molecule is Cc1c(C)n(C)c2ccc(Cl)cc12. The number of halogens is 1. The van der Waals surface area contributed by atoms with Gasteiger partial charge in [0.05, 0.1) is 0 Å². The second-order valence-corrected chi connectivity index (χ2v) is 3.87. The van der Waals surface area contributed by atoms with Crippen LogP contribution in [0.15, 0.2) is 18.2 Å². The molecule has 0 atom stereocenters. The van der Waals surface area contributed by atoms with E-state index in [9.17, 15) is 0 Å². The zero-order valence-corrected chi connectivity index (χ0v) is 8.81. The summed E-state index contributed by atoms with van der Waals surface area (Å²) in [5.41, 5.74) is 3.87. The fourth-order valence-corrected chi connectivity index (χ4v) is 1.90. The molecule has 0 aliphatic carbocycles. The molecule has 2 aromatic rings. The number of aromatic nitrogens is 1. The zero-order chi connectivity index (χ0) is 9.59. The van der Waals surface area contributed by atoms with Gasteiger partial charge in [-0.1, -0.05) is 11.6 Å². The van der Waals surface area contributed by atoms with Gasteiger partial charge in [-0.3, -0.25) is 0 Å². The van der Waals surface area contributed by atoms with Gasteiger partial charge in [-0.05, 0) is 37.6 Å². The molecule has 2 heteroatoms. The first-order chi connectivity index (χ1) is 6.11. The molecule has 1 aromatic heterocycles. The second-order valence-electron chi connectivity index (χ2n) is 3.43. The zero-order valence-electron chi connectivity index (χ0n) is 8.06. The van der Waals surface area contributed by atoms with E-state index in [1.165, 1.54) is 22.2 Å². The van der Waals surface area contributed by atoms with Crippen molar-refractivity contribution >= 4 is 22.5 Å². The van der Waals surface area contributed by atoms with E-state index in [0.29, 0.717) is 0 Å². The minimum Gasteiger partial charge on any atom is -0.348 e. The van der Waals surface area contributed by atoms with E-state index < -0.39 is 0 Å². The average molecular weight is 194 g/mol. The van der Waals surface area contributed by atoms with Crippen LogP contribution in [0.2, 0.25) is 5.02 Å². The third-order valence-electron chi connectivity index (χ3n) is 2.77. The van der Waals surface area contributed by atoms with Crippen LogP contribution in [0, 0.1) is 13.8 Å². The summed E-state index contributed by atoms with van der Waals surface area (Å²) < 4.78 is 2.20. The highest BCUT2D eigenvalue weighted by Crippen LogP contribution is 2.26. The highest BCUT2D eigenvalue weighted by molar-refractivity contribution is 6.31. The van der Waals surface area contributed by atoms with Crippen molar-refractivity contribution in [2.45, 2.75) is 13.8 Å². The maximum absolute atomic E-state index is 5.94. The Labute approximate surface area is 82.9 Å². The largest absolute Gasteiger partial charge is 0.348 e. The maximum atomic E-state index is 5.94. The van der Waals surface area contributed by atoms with Crippen LogP contribution in [-0.4, -0.2) is 4.57 Å². The van der Waals surface area contributed by atoms with Gasteiger partial charge in [0.15, 0.2) is 0 Å². The van der Waals surface area contributed by atoms with Crippen molar-refractivity contribution in [2.24, 2.45) is 7.05 Å². The van der Waals surface area contributed by atoms with E-state index in [-0.39, 0.29) is 0 Å². The van der Waals surface area contributed by atoms with Crippen molar-refractivity contribution < 1.29 is 0 Å². The topological polar surface area (TPSA) is 4.93 Å². The minimum absolute atomic E-state index is 0.807. The number of hydrogen-bond acceptors (Lipinski definition) is 0. The summed E-state index contributed by atoms with van der Waals surface area (Å²) in [5, 5.41) is 2.06. The van der Waals surface area contributed by atoms with Gasteiger partial charge in [-0.15, -0.1) is 0 Å². The molecule has 68 valence electrons. The Morgan fingerprint density at radius 1 is 1.23 bits per heavy atom. The summed E-state index contributed by atoms with van der Waals surface area (Å²) in [4.78, 5) is 0. The van der Waals surface area contributed by atoms with E-state index in [1.807, 2.05) is 12.1 Å². The highest BCUT2D eigenvalue weighted by Gasteiger charge is 2.07. The van der Waals surface area contributed by atoms with E-state index in [1.54, 1.807) is 0 Å². The molecule has 0 fully saturated rings. The third kappa shape index (κ3) is 1.15. The van der Waals surface area contributed by atoms with Crippen molar-refractivity contribution in [3.05, 3.63) is 34.5 Å². The van der Waals surface area contributed by atoms with Gasteiger partial charge in [-0.2, -0.15) is 0 Å². The van der Waals surface area contributed by atoms with E-state index in [2.05, 4.69) is 31.5 Å². The number of benzene rings is 1. The van der Waals surface area contributed by atoms with E-state index >= 15 is 0 Å². The molecule has 1 aromatic carbocycles. The molecule has 13 heavy (non-hydrogen) atoms. The molecule has 0 saturated carbocycles. The van der Waals surface area contributed by atoms with Crippen LogP contribution >= 0.6 is 11.6 Å². The molecule has 0 spiro atoms. The van der Waals surface area contributed by atoms with Gasteiger partial charge >= 0.3 is 0 Å². The van der Waals surface area contributed by atoms with Crippen molar-refractivity contribution in [1.29, 1.82) is 0 Å². The molecule has 1 heterocycles. The molecule has 0 unspecified atom stereocenters. The molecule has 1 nitrogen and oxygen atoms in total. The van der Waals surface area contributed by atoms with Crippen LogP contribution < -0.4 is 0 Å². The Balaban J connectivity index is 2.95. The highest BCUT2D eigenvalue weighted by atomic mass is 35.5. The fraction of sp³-hybridized carbons (Fsp3) is 0.273. The van der Waals surface area contributed by atoms with Crippen molar-refractivity contribution in [1.82, 2.24) is 4.57 Å². The monoisotopic (exact) mass is 193 g/mol. The van der Waals surface area contributed by atoms with Gasteiger partial charge in [0.1, 0.15) is 0 Å². The van der Waals surface area contributed by atoms with Crippen LogP contribution in [-0.2, 0) is 7.05 Å². The molecule has 2 rings (SSSR count). The molecule has 0 amide bonds. The summed E-state index contributed by atoms with van der Waals surface area (Å²) in [6.45, 7) is 4.26. The molecular formula is C11H12ClN. The minimum atomic E-state index is 0.807. The summed E-state index contributed by atoms with van der Waals surface area (Å²) in [7, 11) is 2.08. The standard InChI is InChI=1S/C11H12ClN/c1-7-8(2)13(3)11-5-4-9(12)6-10(7)11/h4-6H,1-3H3. The lowest BCUT2D eigenvalue weighted by atomic mass is 10.2. The Morgan fingerprint density at radius 3 is 2.62 bits per heavy atom. The van der Waals surface area contributed by atoms with E-state index in [4.69, 9.17) is 11.6 Å². The van der Waals surface area contributed by atoms with Crippen LogP contribution in [0.3, 0.4) is 0 Å². The van der Waals surface area contributed by atoms with Gasteiger partial charge in [-0.25, -0.2) is 0 Å². The van der Waals surface area contributed by atoms with Crippen LogP contribution in [0.25, 0.3) is 10.9 Å². The van der Waals surface area contributed by atoms with E-state index in [0.717, 1.165) is 5.02 Å². The first-order valence-electron chi connectivity index (χ1n) is 4.32. The number of aryl methyl sites for hydroxylation is 2. The first kappa shape index (κ1) is 8.64. The van der Waals surface area contributed by atoms with Crippen LogP contribution in [0.5, 0.6) is 0 Å². The summed E-state index contributed by atoms with van der Waals surface area (Å²) in [5.74, 6) is 0. The number of nitrogens with zero attached hydrogens (tertiary/aromatic N) is 1. The van der Waals surface area contributed by atoms with Crippen molar-refractivity contribution in [3.8, 4) is 0 Å². The average Bonchev–Trinajstić information content (AvgIpc) is 2.32. The summed E-state index contributed by atoms with van der Waals surface area (Å²) in [6.07, 6.45) is 0. The first-order valence-corrected chi connectivity index (χ1v) is 4.70. The van der Waals surface area contributed by atoms with Gasteiger partial charge in [0, 0.05) is 28.7 Å². The Bertz CT molecular complexity index is 468. The van der Waals surface area contributed by atoms with Crippen molar-refractivity contribution in [3.63, 3.8) is 0 Å². The van der Waals surface area contributed by atoms with Crippen molar-refractivity contribution in [2.75, 3.05) is 0 Å². The predicted molar refractivity (Wildman–Crippen MR) is 57.4 cm³/mol.